The summed E-state index contributed by atoms with van der Waals surface area (Å²) in [5.41, 5.74) is 10.1. The number of nitrogens with one attached hydrogen (secondary N) is 1. The van der Waals surface area contributed by atoms with Crippen molar-refractivity contribution in [3.8, 4) is 0 Å². The van der Waals surface area contributed by atoms with E-state index in [2.05, 4.69) is 25.9 Å². The molecule has 2 aromatic rings. The molecule has 3 heterocycles. The summed E-state index contributed by atoms with van der Waals surface area (Å²) >= 11 is 14.1. The lowest BCUT2D eigenvalue weighted by Gasteiger charge is -2.15. The Labute approximate surface area is 200 Å². The molecule has 7 nitrogen and oxygen atoms in total. The first kappa shape index (κ1) is 22.8. The van der Waals surface area contributed by atoms with Crippen LogP contribution in [-0.4, -0.2) is 53.6 Å². The molecule has 0 saturated carbocycles. The predicted octanol–water partition coefficient (Wildman–Crippen LogP) is 4.26. The lowest BCUT2D eigenvalue weighted by atomic mass is 10.1. The van der Waals surface area contributed by atoms with Gasteiger partial charge in [0, 0.05) is 24.0 Å². The summed E-state index contributed by atoms with van der Waals surface area (Å²) < 4.78 is 5.97. The number of carbonyl (C=O) groups excluding carboxylic acids is 1. The molecule has 3 N–H and O–H groups in total. The predicted molar refractivity (Wildman–Crippen MR) is 130 cm³/mol. The second-order valence-corrected chi connectivity index (χ2v) is 9.25. The van der Waals surface area contributed by atoms with E-state index in [1.165, 1.54) is 24.2 Å². The summed E-state index contributed by atoms with van der Waals surface area (Å²) in [6, 6.07) is 1.75. The number of hydrogen-bond donors (Lipinski definition) is 2. The van der Waals surface area contributed by atoms with Gasteiger partial charge >= 0.3 is 0 Å². The van der Waals surface area contributed by atoms with Crippen LogP contribution in [0.15, 0.2) is 39.8 Å². The Hall–Kier alpha value is -2.35. The van der Waals surface area contributed by atoms with Crippen LogP contribution < -0.4 is 11.1 Å². The van der Waals surface area contributed by atoms with E-state index in [0.717, 1.165) is 19.6 Å². The Balaban J connectivity index is 1.68. The Morgan fingerprint density at radius 1 is 1.31 bits per heavy atom. The zero-order valence-electron chi connectivity index (χ0n) is 17.6. The summed E-state index contributed by atoms with van der Waals surface area (Å²) in [5, 5.41) is 4.16. The van der Waals surface area contributed by atoms with Crippen LogP contribution in [0.1, 0.15) is 35.1 Å². The zero-order chi connectivity index (χ0) is 22.7. The molecule has 2 aromatic heterocycles. The highest BCUT2D eigenvalue weighted by atomic mass is 35.5. The maximum atomic E-state index is 12.3. The second kappa shape index (κ2) is 10.1. The number of fused-ring (bicyclic) bond motifs is 1. The highest BCUT2D eigenvalue weighted by Gasteiger charge is 2.21. The van der Waals surface area contributed by atoms with Crippen molar-refractivity contribution in [1.82, 2.24) is 20.2 Å². The van der Waals surface area contributed by atoms with Crippen molar-refractivity contribution in [1.29, 1.82) is 0 Å². The van der Waals surface area contributed by atoms with Crippen molar-refractivity contribution in [3.63, 3.8) is 0 Å². The van der Waals surface area contributed by atoms with Crippen LogP contribution in [0, 0.1) is 0 Å². The van der Waals surface area contributed by atoms with E-state index in [1.807, 2.05) is 6.92 Å². The van der Waals surface area contributed by atoms with E-state index in [9.17, 15) is 4.79 Å². The molecule has 2 aliphatic rings. The fraction of sp³-hybridized carbons (Fsp3) is 0.364. The molecule has 0 spiro atoms. The normalized spacial score (nSPS) is 16.8. The maximum absolute atomic E-state index is 12.3. The molecule has 1 aliphatic carbocycles. The zero-order valence-corrected chi connectivity index (χ0v) is 19.9. The van der Waals surface area contributed by atoms with Gasteiger partial charge in [-0.2, -0.15) is 0 Å². The van der Waals surface area contributed by atoms with Gasteiger partial charge in [0.15, 0.2) is 5.76 Å². The van der Waals surface area contributed by atoms with Crippen LogP contribution in [-0.2, 0) is 4.74 Å². The SMILES string of the molecule is CCNC(=O)c1cc2c(C3=CC(OCCN4CCCC4)=C=C(Cl)C=C3Cl)nc(N)nc2s1. The third kappa shape index (κ3) is 5.17. The molecule has 1 saturated heterocycles. The Kier molecular flexibility index (Phi) is 7.18. The number of allylic oxidation sites excluding steroid dienone is 4. The Morgan fingerprint density at radius 2 is 2.09 bits per heavy atom. The first-order valence-corrected chi connectivity index (χ1v) is 12.0. The van der Waals surface area contributed by atoms with Crippen LogP contribution in [0.3, 0.4) is 0 Å². The minimum atomic E-state index is -0.174. The smallest absolute Gasteiger partial charge is 0.261 e. The summed E-state index contributed by atoms with van der Waals surface area (Å²) in [7, 11) is 0. The number of carbonyl (C=O) groups is 1. The van der Waals surface area contributed by atoms with Gasteiger partial charge in [0.25, 0.3) is 5.91 Å². The molecule has 0 aromatic carbocycles. The average molecular weight is 492 g/mol. The maximum Gasteiger partial charge on any atom is 0.261 e. The van der Waals surface area contributed by atoms with Gasteiger partial charge in [0.1, 0.15) is 11.4 Å². The molecule has 1 fully saturated rings. The van der Waals surface area contributed by atoms with E-state index in [-0.39, 0.29) is 11.9 Å². The molecule has 4 rings (SSSR count). The molecule has 0 bridgehead atoms. The molecule has 168 valence electrons. The highest BCUT2D eigenvalue weighted by Crippen LogP contribution is 2.36. The molecule has 0 atom stereocenters. The fourth-order valence-corrected chi connectivity index (χ4v) is 5.10. The van der Waals surface area contributed by atoms with Crippen molar-refractivity contribution in [2.24, 2.45) is 0 Å². The number of anilines is 1. The summed E-state index contributed by atoms with van der Waals surface area (Å²) in [5.74, 6) is 0.374. The molecule has 10 heteroatoms. The lowest BCUT2D eigenvalue weighted by molar-refractivity contribution is 0.0960. The van der Waals surface area contributed by atoms with Crippen LogP contribution in [0.25, 0.3) is 15.8 Å². The lowest BCUT2D eigenvalue weighted by Crippen LogP contribution is -2.23. The molecular weight excluding hydrogens is 469 g/mol. The van der Waals surface area contributed by atoms with Gasteiger partial charge in [-0.1, -0.05) is 28.9 Å². The molecule has 0 radical (unpaired) electrons. The third-order valence-corrected chi connectivity index (χ3v) is 6.66. The van der Waals surface area contributed by atoms with Gasteiger partial charge in [0.2, 0.25) is 5.95 Å². The van der Waals surface area contributed by atoms with Gasteiger partial charge in [-0.15, -0.1) is 11.3 Å². The number of likely N-dealkylation sites (tertiary alicyclic amines) is 1. The number of nitrogen functional groups attached to an aromatic ring is 1. The first-order chi connectivity index (χ1) is 15.4. The monoisotopic (exact) mass is 491 g/mol. The number of nitrogens with two attached hydrogens (primary N) is 1. The van der Waals surface area contributed by atoms with Crippen molar-refractivity contribution in [2.75, 3.05) is 38.5 Å². The van der Waals surface area contributed by atoms with Crippen molar-refractivity contribution in [3.05, 3.63) is 50.3 Å². The van der Waals surface area contributed by atoms with Crippen molar-refractivity contribution < 1.29 is 9.53 Å². The average Bonchev–Trinajstić information content (AvgIpc) is 3.38. The number of thiophene rings is 1. The largest absolute Gasteiger partial charge is 0.485 e. The summed E-state index contributed by atoms with van der Waals surface area (Å²) in [4.78, 5) is 24.5. The Morgan fingerprint density at radius 3 is 2.84 bits per heavy atom. The van der Waals surface area contributed by atoms with Crippen LogP contribution in [0.2, 0.25) is 0 Å². The highest BCUT2D eigenvalue weighted by molar-refractivity contribution is 7.20. The fourth-order valence-electron chi connectivity index (χ4n) is 3.63. The van der Waals surface area contributed by atoms with Crippen LogP contribution in [0.4, 0.5) is 5.95 Å². The molecule has 1 aliphatic heterocycles. The van der Waals surface area contributed by atoms with Gasteiger partial charge in [-0.3, -0.25) is 9.69 Å². The minimum absolute atomic E-state index is 0.0888. The molecule has 32 heavy (non-hydrogen) atoms. The van der Waals surface area contributed by atoms with E-state index < -0.39 is 0 Å². The van der Waals surface area contributed by atoms with Gasteiger partial charge < -0.3 is 15.8 Å². The number of ether oxygens (including phenoxy) is 1. The van der Waals surface area contributed by atoms with Crippen LogP contribution in [0.5, 0.6) is 0 Å². The quantitative estimate of drug-likeness (QED) is 0.561. The van der Waals surface area contributed by atoms with Gasteiger partial charge in [-0.25, -0.2) is 9.97 Å². The second-order valence-electron chi connectivity index (χ2n) is 7.40. The topological polar surface area (TPSA) is 93.4 Å². The van der Waals surface area contributed by atoms with E-state index in [0.29, 0.717) is 55.3 Å². The summed E-state index contributed by atoms with van der Waals surface area (Å²) in [6.07, 6.45) is 5.79. The number of halogens is 2. The van der Waals surface area contributed by atoms with Crippen LogP contribution >= 0.6 is 34.5 Å². The summed E-state index contributed by atoms with van der Waals surface area (Å²) in [6.45, 7) is 5.92. The third-order valence-electron chi connectivity index (χ3n) is 5.12. The molecule has 0 unspecified atom stereocenters. The first-order valence-electron chi connectivity index (χ1n) is 10.4. The Bertz CT molecular complexity index is 1170. The number of nitrogens with zero attached hydrogens (tertiary/aromatic N) is 3. The van der Waals surface area contributed by atoms with Crippen molar-refractivity contribution >= 4 is 62.2 Å². The molecule has 1 amide bonds. The standard InChI is InChI=1S/C22H23Cl2N5O2S/c1-2-26-20(30)18-12-16-19(27-22(25)28-21(16)32-18)15-11-14(9-13(23)10-17(15)24)31-8-7-29-5-3-4-6-29/h10-12H,2-8H2,1H3,(H,26,30)(H2,25,27,28). The van der Waals surface area contributed by atoms with E-state index in [4.69, 9.17) is 33.7 Å². The van der Waals surface area contributed by atoms with Gasteiger partial charge in [-0.05, 0) is 51.1 Å². The van der Waals surface area contributed by atoms with E-state index in [1.54, 1.807) is 18.2 Å². The number of rotatable bonds is 7. The van der Waals surface area contributed by atoms with Crippen molar-refractivity contribution in [2.45, 2.75) is 19.8 Å². The van der Waals surface area contributed by atoms with E-state index >= 15 is 0 Å². The minimum Gasteiger partial charge on any atom is -0.485 e. The number of hydrogen-bond acceptors (Lipinski definition) is 7. The molecular formula is C22H23Cl2N5O2S. The number of aromatic nitrogens is 2. The number of amides is 1. The van der Waals surface area contributed by atoms with Gasteiger partial charge in [0.05, 0.1) is 20.6 Å².